The van der Waals surface area contributed by atoms with Gasteiger partial charge in [-0.05, 0) is 87.5 Å². The van der Waals surface area contributed by atoms with Crippen LogP contribution in [0.3, 0.4) is 0 Å². The summed E-state index contributed by atoms with van der Waals surface area (Å²) in [5.74, 6) is 1.34. The lowest BCUT2D eigenvalue weighted by Crippen LogP contribution is -2.37. The third-order valence-electron chi connectivity index (χ3n) is 14.4. The molecule has 0 fully saturated rings. The molecule has 13 aromatic rings. The van der Waals surface area contributed by atoms with Crippen LogP contribution in [0.4, 0.5) is 0 Å². The monoisotopic (exact) mass is 946 g/mol. The van der Waals surface area contributed by atoms with Gasteiger partial charge in [0, 0.05) is 43.9 Å². The van der Waals surface area contributed by atoms with Crippen molar-refractivity contribution in [3.8, 4) is 61.6 Å². The van der Waals surface area contributed by atoms with E-state index in [4.69, 9.17) is 15.0 Å². The molecule has 348 valence electrons. The maximum Gasteiger partial charge on any atom is 0.212 e. The highest BCUT2D eigenvalue weighted by molar-refractivity contribution is 6.26. The van der Waals surface area contributed by atoms with Gasteiger partial charge in [-0.25, -0.2) is 9.98 Å². The van der Waals surface area contributed by atoms with Gasteiger partial charge in [0.05, 0.1) is 33.5 Å². The van der Waals surface area contributed by atoms with E-state index in [0.29, 0.717) is 11.8 Å². The molecule has 1 aliphatic rings. The number of aliphatic imine (C=N–C) groups is 2. The fourth-order valence-electron chi connectivity index (χ4n) is 10.8. The summed E-state index contributed by atoms with van der Waals surface area (Å²) in [5, 5.41) is 8.49. The Morgan fingerprint density at radius 3 is 1.41 bits per heavy atom. The van der Waals surface area contributed by atoms with Crippen molar-refractivity contribution in [1.29, 1.82) is 0 Å². The van der Waals surface area contributed by atoms with Crippen molar-refractivity contribution in [2.75, 3.05) is 0 Å². The summed E-state index contributed by atoms with van der Waals surface area (Å²) in [6, 6.07) is 94.8. The number of pyridine rings is 1. The number of nitrogens with zero attached hydrogens (tertiary/aromatic N) is 5. The van der Waals surface area contributed by atoms with Gasteiger partial charge >= 0.3 is 0 Å². The third-order valence-corrected chi connectivity index (χ3v) is 14.4. The molecule has 0 bridgehead atoms. The lowest BCUT2D eigenvalue weighted by molar-refractivity contribution is 0.662. The second-order valence-corrected chi connectivity index (χ2v) is 18.8. The van der Waals surface area contributed by atoms with Crippen LogP contribution in [0.25, 0.3) is 105 Å². The summed E-state index contributed by atoms with van der Waals surface area (Å²) >= 11 is 0. The lowest BCUT2D eigenvalue weighted by Gasteiger charge is -2.25. The largest absolute Gasteiger partial charge is 0.330 e. The zero-order valence-corrected chi connectivity index (χ0v) is 40.2. The highest BCUT2D eigenvalue weighted by atomic mass is 15.3. The average Bonchev–Trinajstić information content (AvgIpc) is 4.02. The molecule has 0 saturated carbocycles. The van der Waals surface area contributed by atoms with Gasteiger partial charge in [0.25, 0.3) is 0 Å². The van der Waals surface area contributed by atoms with Crippen molar-refractivity contribution in [1.82, 2.24) is 19.4 Å². The van der Waals surface area contributed by atoms with Gasteiger partial charge in [0.1, 0.15) is 6.17 Å². The molecule has 0 spiro atoms. The first-order chi connectivity index (χ1) is 36.7. The molecule has 0 radical (unpaired) electrons. The molecule has 14 rings (SSSR count). The van der Waals surface area contributed by atoms with Crippen molar-refractivity contribution < 1.29 is 0 Å². The van der Waals surface area contributed by atoms with E-state index >= 15 is 0 Å². The minimum atomic E-state index is -0.477. The van der Waals surface area contributed by atoms with Gasteiger partial charge in [-0.1, -0.05) is 218 Å². The SMILES string of the molecule is c1ccc(C2=NC(c3cccc(-c4cccc(-c5ccccc5)n4)c3)NC(n3c4ccccc4c4ccc5c6ccccc6n(-c6cc(-c7ccccc7)cc(-c7ccc(-c8ccccc8)cc7)c6)c5c43)=N2)cc1. The number of hydrogen-bond donors (Lipinski definition) is 1. The molecular formula is C68H46N6. The predicted molar refractivity (Wildman–Crippen MR) is 307 cm³/mol. The number of amidine groups is 1. The molecule has 74 heavy (non-hydrogen) atoms. The Morgan fingerprint density at radius 1 is 0.324 bits per heavy atom. The van der Waals surface area contributed by atoms with E-state index < -0.39 is 6.17 Å². The smallest absolute Gasteiger partial charge is 0.212 e. The van der Waals surface area contributed by atoms with Crippen LogP contribution in [0.5, 0.6) is 0 Å². The fraction of sp³-hybridized carbons (Fsp3) is 0.0147. The van der Waals surface area contributed by atoms with E-state index in [-0.39, 0.29) is 0 Å². The number of fused-ring (bicyclic) bond motifs is 7. The lowest BCUT2D eigenvalue weighted by atomic mass is 9.96. The summed E-state index contributed by atoms with van der Waals surface area (Å²) in [5.41, 5.74) is 18.2. The van der Waals surface area contributed by atoms with E-state index in [0.717, 1.165) is 99.8 Å². The Kier molecular flexibility index (Phi) is 10.5. The van der Waals surface area contributed by atoms with E-state index in [1.807, 2.05) is 24.3 Å². The summed E-state index contributed by atoms with van der Waals surface area (Å²) < 4.78 is 4.82. The van der Waals surface area contributed by atoms with Gasteiger partial charge in [0.2, 0.25) is 5.96 Å². The summed E-state index contributed by atoms with van der Waals surface area (Å²) in [6.45, 7) is 0. The van der Waals surface area contributed by atoms with Crippen LogP contribution in [0.15, 0.2) is 277 Å². The number of hydrogen-bond acceptors (Lipinski definition) is 4. The zero-order chi connectivity index (χ0) is 49.0. The van der Waals surface area contributed by atoms with Crippen molar-refractivity contribution in [2.45, 2.75) is 6.17 Å². The van der Waals surface area contributed by atoms with E-state index in [1.54, 1.807) is 0 Å². The average molecular weight is 947 g/mol. The Balaban J connectivity index is 0.983. The summed E-state index contributed by atoms with van der Waals surface area (Å²) in [7, 11) is 0. The van der Waals surface area contributed by atoms with E-state index in [1.165, 1.54) is 16.5 Å². The number of benzene rings is 10. The molecule has 6 heteroatoms. The standard InChI is InChI=1S/C68H46N6/c1-5-19-45(20-6-1)47-35-37-48(38-36-47)54-42-53(46-21-7-2-8-22-46)43-55(44-54)73-62-33-15-13-29-56(62)58-39-40-59-57-30-14-16-34-63(57)74(65(59)64(58)73)68-71-66(50-25-11-4-12-26-50)70-67(72-68)52-28-17-27-51(41-52)61-32-18-31-60(69-61)49-23-9-3-10-24-49/h1-44,67H,(H,70,71,72). The molecule has 1 aliphatic heterocycles. The molecule has 1 N–H and O–H groups in total. The number of aromatic nitrogens is 3. The molecule has 0 saturated heterocycles. The fourth-order valence-corrected chi connectivity index (χ4v) is 10.8. The Bertz CT molecular complexity index is 4310. The molecule has 4 heterocycles. The van der Waals surface area contributed by atoms with Crippen molar-refractivity contribution in [3.63, 3.8) is 0 Å². The molecule has 3 aromatic heterocycles. The molecule has 10 aromatic carbocycles. The number of rotatable bonds is 8. The highest BCUT2D eigenvalue weighted by Crippen LogP contribution is 2.42. The first kappa shape index (κ1) is 42.9. The second kappa shape index (κ2) is 18.0. The van der Waals surface area contributed by atoms with Crippen LogP contribution in [0, 0.1) is 0 Å². The van der Waals surface area contributed by atoms with Gasteiger partial charge in [-0.3, -0.25) is 4.57 Å². The number of para-hydroxylation sites is 2. The zero-order valence-electron chi connectivity index (χ0n) is 40.2. The Labute approximate surface area is 428 Å². The van der Waals surface area contributed by atoms with Crippen LogP contribution in [-0.4, -0.2) is 25.9 Å². The minimum Gasteiger partial charge on any atom is -0.330 e. The Hall–Kier alpha value is -9.91. The molecule has 0 amide bonds. The summed E-state index contributed by atoms with van der Waals surface area (Å²) in [4.78, 5) is 16.0. The quantitative estimate of drug-likeness (QED) is 0.165. The van der Waals surface area contributed by atoms with Gasteiger partial charge in [-0.15, -0.1) is 0 Å². The predicted octanol–water partition coefficient (Wildman–Crippen LogP) is 16.6. The third kappa shape index (κ3) is 7.56. The highest BCUT2D eigenvalue weighted by Gasteiger charge is 2.27. The molecule has 1 unspecified atom stereocenters. The normalized spacial score (nSPS) is 13.5. The van der Waals surface area contributed by atoms with Crippen LogP contribution in [0.1, 0.15) is 17.3 Å². The number of nitrogens with one attached hydrogen (secondary N) is 1. The van der Waals surface area contributed by atoms with E-state index in [9.17, 15) is 0 Å². The maximum atomic E-state index is 5.49. The van der Waals surface area contributed by atoms with Crippen LogP contribution in [-0.2, 0) is 0 Å². The van der Waals surface area contributed by atoms with Gasteiger partial charge in [-0.2, -0.15) is 4.99 Å². The first-order valence-corrected chi connectivity index (χ1v) is 25.1. The molecular weight excluding hydrogens is 901 g/mol. The molecule has 1 atom stereocenters. The Morgan fingerprint density at radius 2 is 0.784 bits per heavy atom. The topological polar surface area (TPSA) is 59.5 Å². The van der Waals surface area contributed by atoms with Crippen molar-refractivity contribution >= 4 is 55.4 Å². The molecule has 6 nitrogen and oxygen atoms in total. The second-order valence-electron chi connectivity index (χ2n) is 18.8. The van der Waals surface area contributed by atoms with Crippen LogP contribution < -0.4 is 5.32 Å². The van der Waals surface area contributed by atoms with Crippen molar-refractivity contribution in [2.24, 2.45) is 9.98 Å². The van der Waals surface area contributed by atoms with Gasteiger partial charge < -0.3 is 9.88 Å². The van der Waals surface area contributed by atoms with Crippen molar-refractivity contribution in [3.05, 3.63) is 278 Å². The first-order valence-electron chi connectivity index (χ1n) is 25.1. The van der Waals surface area contributed by atoms with Gasteiger partial charge in [0.15, 0.2) is 5.84 Å². The van der Waals surface area contributed by atoms with Crippen LogP contribution in [0.2, 0.25) is 0 Å². The van der Waals surface area contributed by atoms with Crippen LogP contribution >= 0.6 is 0 Å². The summed E-state index contributed by atoms with van der Waals surface area (Å²) in [6.07, 6.45) is -0.477. The van der Waals surface area contributed by atoms with E-state index in [2.05, 4.69) is 257 Å². The molecule has 0 aliphatic carbocycles. The maximum absolute atomic E-state index is 5.49. The minimum absolute atomic E-state index is 0.477.